The van der Waals surface area contributed by atoms with Crippen LogP contribution in [0.2, 0.25) is 5.15 Å². The fourth-order valence-corrected chi connectivity index (χ4v) is 1.41. The molecule has 0 fully saturated rings. The van der Waals surface area contributed by atoms with Crippen LogP contribution in [-0.2, 0) is 0 Å². The average molecular weight is 304 g/mol. The first-order chi connectivity index (χ1) is 9.36. The van der Waals surface area contributed by atoms with Crippen LogP contribution in [0.3, 0.4) is 0 Å². The molecule has 0 amide bonds. The van der Waals surface area contributed by atoms with Gasteiger partial charge in [0.25, 0.3) is 0 Å². The predicted molar refractivity (Wildman–Crippen MR) is 66.4 cm³/mol. The summed E-state index contributed by atoms with van der Waals surface area (Å²) in [7, 11) is 0. The van der Waals surface area contributed by atoms with Crippen molar-refractivity contribution in [3.8, 4) is 17.1 Å². The third-order valence-corrected chi connectivity index (χ3v) is 2.61. The Balaban J connectivity index is 2.12. The monoisotopic (exact) mass is 303 g/mol. The lowest BCUT2D eigenvalue weighted by Crippen LogP contribution is -2.31. The van der Waals surface area contributed by atoms with Gasteiger partial charge in [-0.1, -0.05) is 11.6 Å². The van der Waals surface area contributed by atoms with Crippen LogP contribution in [0.5, 0.6) is 5.88 Å². The number of pyridine rings is 1. The van der Waals surface area contributed by atoms with E-state index >= 15 is 0 Å². The van der Waals surface area contributed by atoms with Gasteiger partial charge in [0.2, 0.25) is 5.88 Å². The van der Waals surface area contributed by atoms with Gasteiger partial charge in [-0.25, -0.2) is 9.97 Å². The molecule has 0 aliphatic rings. The summed E-state index contributed by atoms with van der Waals surface area (Å²) in [5.41, 5.74) is 1.11. The van der Waals surface area contributed by atoms with Crippen molar-refractivity contribution in [1.82, 2.24) is 15.0 Å². The molecule has 20 heavy (non-hydrogen) atoms. The van der Waals surface area contributed by atoms with Crippen molar-refractivity contribution in [1.29, 1.82) is 0 Å². The molecule has 8 heteroatoms. The standard InChI is InChI=1S/C12H9ClF3N3O/c1-7(12(14,15)16)20-11-3-2-8(4-19-11)9-5-18-10(13)6-17-9/h2-7H,1H3/t7-/m1/s1. The summed E-state index contributed by atoms with van der Waals surface area (Å²) in [6.07, 6.45) is -2.18. The first kappa shape index (κ1) is 14.5. The van der Waals surface area contributed by atoms with Crippen molar-refractivity contribution in [3.05, 3.63) is 35.9 Å². The number of alkyl halides is 3. The number of nitrogens with zero attached hydrogens (tertiary/aromatic N) is 3. The molecule has 0 spiro atoms. The van der Waals surface area contributed by atoms with Crippen molar-refractivity contribution in [2.45, 2.75) is 19.2 Å². The summed E-state index contributed by atoms with van der Waals surface area (Å²) in [6, 6.07) is 2.89. The molecule has 0 N–H and O–H groups in total. The van der Waals surface area contributed by atoms with E-state index in [1.165, 1.54) is 24.7 Å². The minimum absolute atomic E-state index is 0.111. The van der Waals surface area contributed by atoms with Gasteiger partial charge in [-0.3, -0.25) is 4.98 Å². The second kappa shape index (κ2) is 5.62. The van der Waals surface area contributed by atoms with Gasteiger partial charge in [-0.15, -0.1) is 0 Å². The zero-order valence-corrected chi connectivity index (χ0v) is 11.0. The highest BCUT2D eigenvalue weighted by atomic mass is 35.5. The minimum Gasteiger partial charge on any atom is -0.465 e. The van der Waals surface area contributed by atoms with Gasteiger partial charge in [0.05, 0.1) is 18.1 Å². The van der Waals surface area contributed by atoms with Gasteiger partial charge < -0.3 is 4.74 Å². The normalized spacial score (nSPS) is 13.1. The fraction of sp³-hybridized carbons (Fsp3) is 0.250. The first-order valence-electron chi connectivity index (χ1n) is 5.53. The molecule has 0 saturated carbocycles. The quantitative estimate of drug-likeness (QED) is 0.870. The van der Waals surface area contributed by atoms with Crippen LogP contribution in [0, 0.1) is 0 Å². The molecule has 2 aromatic heterocycles. The van der Waals surface area contributed by atoms with Crippen LogP contribution in [0.4, 0.5) is 13.2 Å². The smallest absolute Gasteiger partial charge is 0.425 e. The van der Waals surface area contributed by atoms with Crippen LogP contribution in [0.25, 0.3) is 11.3 Å². The molecule has 106 valence electrons. The first-order valence-corrected chi connectivity index (χ1v) is 5.91. The van der Waals surface area contributed by atoms with Gasteiger partial charge in [0.1, 0.15) is 5.15 Å². The lowest BCUT2D eigenvalue weighted by Gasteiger charge is -2.16. The lowest BCUT2D eigenvalue weighted by atomic mass is 10.2. The molecule has 1 atom stereocenters. The number of hydrogen-bond acceptors (Lipinski definition) is 4. The van der Waals surface area contributed by atoms with Crippen LogP contribution in [-0.4, -0.2) is 27.2 Å². The molecule has 0 unspecified atom stereocenters. The summed E-state index contributed by atoms with van der Waals surface area (Å²) < 4.78 is 41.7. The van der Waals surface area contributed by atoms with E-state index in [1.807, 2.05) is 0 Å². The van der Waals surface area contributed by atoms with Gasteiger partial charge in [0.15, 0.2) is 6.10 Å². The fourth-order valence-electron chi connectivity index (χ4n) is 1.31. The van der Waals surface area contributed by atoms with E-state index in [-0.39, 0.29) is 11.0 Å². The molecule has 2 heterocycles. The Morgan fingerprint density at radius 1 is 1.10 bits per heavy atom. The topological polar surface area (TPSA) is 47.9 Å². The molecule has 2 rings (SSSR count). The van der Waals surface area contributed by atoms with E-state index in [4.69, 9.17) is 16.3 Å². The minimum atomic E-state index is -4.43. The number of aromatic nitrogens is 3. The van der Waals surface area contributed by atoms with E-state index < -0.39 is 12.3 Å². The highest BCUT2D eigenvalue weighted by Gasteiger charge is 2.38. The van der Waals surface area contributed by atoms with Crippen molar-refractivity contribution >= 4 is 11.6 Å². The van der Waals surface area contributed by atoms with Crippen molar-refractivity contribution in [3.63, 3.8) is 0 Å². The molecule has 4 nitrogen and oxygen atoms in total. The maximum absolute atomic E-state index is 12.3. The predicted octanol–water partition coefficient (Wildman–Crippen LogP) is 3.52. The number of rotatable bonds is 3. The average Bonchev–Trinajstić information content (AvgIpc) is 2.39. The van der Waals surface area contributed by atoms with Crippen LogP contribution in [0.15, 0.2) is 30.7 Å². The Morgan fingerprint density at radius 3 is 2.35 bits per heavy atom. The second-order valence-electron chi connectivity index (χ2n) is 3.91. The van der Waals surface area contributed by atoms with Crippen molar-refractivity contribution < 1.29 is 17.9 Å². The Labute approximate surface area is 117 Å². The van der Waals surface area contributed by atoms with Crippen LogP contribution >= 0.6 is 11.6 Å². The van der Waals surface area contributed by atoms with Gasteiger partial charge in [0, 0.05) is 17.8 Å². The molecule has 2 aromatic rings. The molecule has 0 aromatic carbocycles. The Morgan fingerprint density at radius 2 is 1.85 bits per heavy atom. The van der Waals surface area contributed by atoms with E-state index in [2.05, 4.69) is 15.0 Å². The van der Waals surface area contributed by atoms with Crippen LogP contribution < -0.4 is 4.74 Å². The third kappa shape index (κ3) is 3.57. The third-order valence-electron chi connectivity index (χ3n) is 2.41. The highest BCUT2D eigenvalue weighted by molar-refractivity contribution is 6.29. The highest BCUT2D eigenvalue weighted by Crippen LogP contribution is 2.25. The number of halogens is 4. The van der Waals surface area contributed by atoms with Crippen molar-refractivity contribution in [2.24, 2.45) is 0 Å². The summed E-state index contributed by atoms with van der Waals surface area (Å²) in [6.45, 7) is 0.917. The number of ether oxygens (including phenoxy) is 1. The van der Waals surface area contributed by atoms with Gasteiger partial charge >= 0.3 is 6.18 Å². The molecule has 0 bridgehead atoms. The number of hydrogen-bond donors (Lipinski definition) is 0. The SMILES string of the molecule is C[C@@H](Oc1ccc(-c2cnc(Cl)cn2)cn1)C(F)(F)F. The summed E-state index contributed by atoms with van der Waals surface area (Å²) in [5, 5.41) is 0.251. The summed E-state index contributed by atoms with van der Waals surface area (Å²) in [4.78, 5) is 11.7. The zero-order chi connectivity index (χ0) is 14.8. The summed E-state index contributed by atoms with van der Waals surface area (Å²) >= 11 is 5.61. The molecular weight excluding hydrogens is 295 g/mol. The molecule has 0 saturated heterocycles. The van der Waals surface area contributed by atoms with Gasteiger partial charge in [-0.05, 0) is 13.0 Å². The lowest BCUT2D eigenvalue weighted by molar-refractivity contribution is -0.189. The van der Waals surface area contributed by atoms with E-state index in [9.17, 15) is 13.2 Å². The maximum Gasteiger partial charge on any atom is 0.425 e. The summed E-state index contributed by atoms with van der Waals surface area (Å²) in [5.74, 6) is -0.111. The van der Waals surface area contributed by atoms with Crippen LogP contribution in [0.1, 0.15) is 6.92 Å². The van der Waals surface area contributed by atoms with Crippen molar-refractivity contribution in [2.75, 3.05) is 0 Å². The maximum atomic E-state index is 12.3. The van der Waals surface area contributed by atoms with Gasteiger partial charge in [-0.2, -0.15) is 13.2 Å². The Bertz CT molecular complexity index is 572. The molecule has 0 radical (unpaired) electrons. The Kier molecular flexibility index (Phi) is 4.08. The van der Waals surface area contributed by atoms with E-state index in [0.717, 1.165) is 6.92 Å². The Hall–Kier alpha value is -1.89. The zero-order valence-electron chi connectivity index (χ0n) is 10.2. The van der Waals surface area contributed by atoms with E-state index in [0.29, 0.717) is 11.3 Å². The van der Waals surface area contributed by atoms with E-state index in [1.54, 1.807) is 6.07 Å². The second-order valence-corrected chi connectivity index (χ2v) is 4.30. The largest absolute Gasteiger partial charge is 0.465 e. The molecular formula is C12H9ClF3N3O. The molecule has 0 aliphatic heterocycles. The molecule has 0 aliphatic carbocycles.